The van der Waals surface area contributed by atoms with Crippen LogP contribution < -0.4 is 4.90 Å². The van der Waals surface area contributed by atoms with E-state index in [0.717, 1.165) is 54.5 Å². The first-order chi connectivity index (χ1) is 14.9. The van der Waals surface area contributed by atoms with Crippen molar-refractivity contribution in [3.63, 3.8) is 0 Å². The number of benzene rings is 2. The topological polar surface area (TPSA) is 51.7 Å². The maximum atomic E-state index is 12.8. The molecule has 2 aliphatic rings. The Balaban J connectivity index is 1.41. The number of rotatable bonds is 3. The Labute approximate surface area is 182 Å². The van der Waals surface area contributed by atoms with E-state index >= 15 is 0 Å². The second kappa shape index (κ2) is 7.12. The van der Waals surface area contributed by atoms with E-state index in [-0.39, 0.29) is 11.5 Å². The number of nitrogens with zero attached hydrogens (tertiary/aromatic N) is 4. The smallest absolute Gasteiger partial charge is 0.415 e. The van der Waals surface area contributed by atoms with Crippen molar-refractivity contribution >= 4 is 28.5 Å². The highest BCUT2D eigenvalue weighted by molar-refractivity contribution is 5.91. The minimum absolute atomic E-state index is 0.0258. The number of ether oxygens (including phenoxy) is 1. The van der Waals surface area contributed by atoms with Crippen LogP contribution in [0, 0.1) is 18.9 Å². The zero-order valence-corrected chi connectivity index (χ0v) is 18.0. The Morgan fingerprint density at radius 3 is 2.87 bits per heavy atom. The molecule has 31 heavy (non-hydrogen) atoms. The molecule has 1 saturated carbocycles. The average Bonchev–Trinajstić information content (AvgIpc) is 3.27. The first kappa shape index (κ1) is 19.6. The fourth-order valence-corrected chi connectivity index (χ4v) is 5.48. The van der Waals surface area contributed by atoms with E-state index in [2.05, 4.69) is 21.3 Å². The van der Waals surface area contributed by atoms with Crippen molar-refractivity contribution in [1.82, 2.24) is 9.55 Å². The van der Waals surface area contributed by atoms with E-state index in [1.807, 2.05) is 55.7 Å². The molecule has 6 nitrogen and oxygen atoms in total. The highest BCUT2D eigenvalue weighted by atomic mass is 16.6. The normalized spacial score (nSPS) is 25.7. The summed E-state index contributed by atoms with van der Waals surface area (Å²) in [5, 5.41) is 0. The van der Waals surface area contributed by atoms with Crippen molar-refractivity contribution < 1.29 is 9.53 Å². The lowest BCUT2D eigenvalue weighted by Gasteiger charge is -2.43. The molecule has 158 valence electrons. The van der Waals surface area contributed by atoms with Crippen LogP contribution in [0.3, 0.4) is 0 Å². The molecule has 1 aliphatic carbocycles. The number of carbonyl (C=O) groups is 1. The molecule has 1 aliphatic heterocycles. The van der Waals surface area contributed by atoms with Gasteiger partial charge in [-0.2, -0.15) is 0 Å². The molecule has 2 fully saturated rings. The second-order valence-electron chi connectivity index (χ2n) is 9.42. The minimum atomic E-state index is -0.454. The monoisotopic (exact) mass is 414 g/mol. The summed E-state index contributed by atoms with van der Waals surface area (Å²) in [6, 6.07) is 13.6. The molecular weight excluding hydrogens is 388 g/mol. The zero-order chi connectivity index (χ0) is 21.6. The Bertz CT molecular complexity index is 1210. The van der Waals surface area contributed by atoms with Gasteiger partial charge >= 0.3 is 6.09 Å². The number of carbonyl (C=O) groups excluding carboxylic acids is 1. The van der Waals surface area contributed by atoms with Crippen molar-refractivity contribution in [2.75, 3.05) is 11.4 Å². The van der Waals surface area contributed by atoms with Crippen LogP contribution in [0.25, 0.3) is 15.9 Å². The fraction of sp³-hybridized carbons (Fsp3) is 0.400. The molecular formula is C25H26N4O2. The largest absolute Gasteiger partial charge is 0.441 e. The Morgan fingerprint density at radius 1 is 1.23 bits per heavy atom. The molecule has 3 aromatic rings. The molecule has 6 heteroatoms. The van der Waals surface area contributed by atoms with Gasteiger partial charge in [0.1, 0.15) is 5.60 Å². The number of hydrogen-bond acceptors (Lipinski definition) is 3. The van der Waals surface area contributed by atoms with Gasteiger partial charge in [0, 0.05) is 6.54 Å². The van der Waals surface area contributed by atoms with Crippen molar-refractivity contribution in [2.45, 2.75) is 51.7 Å². The van der Waals surface area contributed by atoms with Gasteiger partial charge in [-0.3, -0.25) is 4.90 Å². The molecule has 0 radical (unpaired) electrons. The predicted octanol–water partition coefficient (Wildman–Crippen LogP) is 5.87. The Hall–Kier alpha value is -3.33. The lowest BCUT2D eigenvalue weighted by molar-refractivity contribution is -0.0264. The number of aromatic nitrogens is 2. The molecule has 1 spiro atoms. The summed E-state index contributed by atoms with van der Waals surface area (Å²) in [4.78, 5) is 22.7. The van der Waals surface area contributed by atoms with Crippen molar-refractivity contribution in [3.05, 3.63) is 65.8 Å². The van der Waals surface area contributed by atoms with E-state index in [0.29, 0.717) is 12.2 Å². The van der Waals surface area contributed by atoms with Gasteiger partial charge in [-0.15, -0.1) is 0 Å². The molecule has 0 N–H and O–H groups in total. The van der Waals surface area contributed by atoms with Crippen LogP contribution in [-0.2, 0) is 11.3 Å². The summed E-state index contributed by atoms with van der Waals surface area (Å²) >= 11 is 0. The van der Waals surface area contributed by atoms with Gasteiger partial charge in [-0.1, -0.05) is 31.2 Å². The van der Waals surface area contributed by atoms with Gasteiger partial charge in [-0.05, 0) is 61.8 Å². The van der Waals surface area contributed by atoms with E-state index in [1.165, 1.54) is 0 Å². The molecule has 1 aromatic heterocycles. The van der Waals surface area contributed by atoms with Crippen molar-refractivity contribution in [3.8, 4) is 0 Å². The van der Waals surface area contributed by atoms with Crippen LogP contribution in [0.15, 0.2) is 48.8 Å². The molecule has 1 amide bonds. The molecule has 1 unspecified atom stereocenters. The maximum Gasteiger partial charge on any atom is 0.415 e. The SMILES string of the molecule is [C-]#[N+]c1ccc2ncn(C[C@@]3(C)CCCC4(CN(c5ccccc5C)C(=O)O4)C3)c2c1. The fourth-order valence-electron chi connectivity index (χ4n) is 5.48. The highest BCUT2D eigenvalue weighted by Crippen LogP contribution is 2.48. The van der Waals surface area contributed by atoms with E-state index in [4.69, 9.17) is 11.3 Å². The first-order valence-corrected chi connectivity index (χ1v) is 10.8. The lowest BCUT2D eigenvalue weighted by Crippen LogP contribution is -2.45. The number of imidazole rings is 1. The third-order valence-electron chi connectivity index (χ3n) is 6.82. The third kappa shape index (κ3) is 3.44. The molecule has 2 heterocycles. The van der Waals surface area contributed by atoms with Gasteiger partial charge in [0.2, 0.25) is 0 Å². The molecule has 5 rings (SSSR count). The van der Waals surface area contributed by atoms with Crippen LogP contribution in [0.1, 0.15) is 38.2 Å². The standard InChI is InChI=1S/C25H26N4O2/c1-18-7-4-5-8-21(18)29-16-25(31-23(29)30)12-6-11-24(2,14-25)15-28-17-27-20-10-9-19(26-3)13-22(20)28/h4-5,7-10,13,17H,6,11-12,14-16H2,1-2H3/t24-,25?/m0/s1. The Kier molecular flexibility index (Phi) is 4.51. The van der Waals surface area contributed by atoms with Crippen LogP contribution in [0.4, 0.5) is 16.2 Å². The third-order valence-corrected chi connectivity index (χ3v) is 6.82. The number of para-hydroxylation sites is 1. The van der Waals surface area contributed by atoms with Gasteiger partial charge in [0.25, 0.3) is 0 Å². The number of anilines is 1. The van der Waals surface area contributed by atoms with Crippen LogP contribution in [0.5, 0.6) is 0 Å². The van der Waals surface area contributed by atoms with Crippen molar-refractivity contribution in [1.29, 1.82) is 0 Å². The maximum absolute atomic E-state index is 12.8. The van der Waals surface area contributed by atoms with Gasteiger partial charge in [-0.25, -0.2) is 14.6 Å². The highest BCUT2D eigenvalue weighted by Gasteiger charge is 2.51. The van der Waals surface area contributed by atoms with E-state index in [1.54, 1.807) is 4.90 Å². The number of hydrogen-bond donors (Lipinski definition) is 0. The Morgan fingerprint density at radius 2 is 2.06 bits per heavy atom. The first-order valence-electron chi connectivity index (χ1n) is 10.8. The zero-order valence-electron chi connectivity index (χ0n) is 18.0. The summed E-state index contributed by atoms with van der Waals surface area (Å²) in [5.74, 6) is 0. The van der Waals surface area contributed by atoms with Crippen LogP contribution in [0.2, 0.25) is 0 Å². The quantitative estimate of drug-likeness (QED) is 0.504. The van der Waals surface area contributed by atoms with E-state index in [9.17, 15) is 4.79 Å². The molecule has 1 saturated heterocycles. The van der Waals surface area contributed by atoms with Gasteiger partial charge in [0.05, 0.1) is 36.2 Å². The number of fused-ring (bicyclic) bond motifs is 1. The van der Waals surface area contributed by atoms with Crippen LogP contribution >= 0.6 is 0 Å². The summed E-state index contributed by atoms with van der Waals surface area (Å²) in [6.45, 7) is 13.0. The van der Waals surface area contributed by atoms with Crippen molar-refractivity contribution in [2.24, 2.45) is 5.41 Å². The molecule has 2 aromatic carbocycles. The van der Waals surface area contributed by atoms with Crippen LogP contribution in [-0.4, -0.2) is 27.8 Å². The number of aryl methyl sites for hydroxylation is 1. The summed E-state index contributed by atoms with van der Waals surface area (Å²) in [5.41, 5.74) is 4.04. The molecule has 0 bridgehead atoms. The molecule has 2 atom stereocenters. The number of amides is 1. The lowest BCUT2D eigenvalue weighted by atomic mass is 9.68. The second-order valence-corrected chi connectivity index (χ2v) is 9.42. The average molecular weight is 415 g/mol. The summed E-state index contributed by atoms with van der Waals surface area (Å²) in [7, 11) is 0. The van der Waals surface area contributed by atoms with Gasteiger partial charge in [0.15, 0.2) is 5.69 Å². The summed E-state index contributed by atoms with van der Waals surface area (Å²) < 4.78 is 8.22. The minimum Gasteiger partial charge on any atom is -0.441 e. The predicted molar refractivity (Wildman–Crippen MR) is 120 cm³/mol. The van der Waals surface area contributed by atoms with Gasteiger partial charge < -0.3 is 9.30 Å². The summed E-state index contributed by atoms with van der Waals surface area (Å²) in [6.07, 6.45) is 5.42. The van der Waals surface area contributed by atoms with E-state index < -0.39 is 5.60 Å².